The maximum absolute atomic E-state index is 13.9. The summed E-state index contributed by atoms with van der Waals surface area (Å²) < 4.78 is 52.4. The minimum Gasteiger partial charge on any atom is -0.497 e. The highest BCUT2D eigenvalue weighted by Crippen LogP contribution is 2.47. The molecule has 1 heterocycles. The van der Waals surface area contributed by atoms with Gasteiger partial charge in [0.05, 0.1) is 27.9 Å². The van der Waals surface area contributed by atoms with Crippen molar-refractivity contribution in [2.75, 3.05) is 27.9 Å². The van der Waals surface area contributed by atoms with E-state index in [1.165, 1.54) is 21.1 Å². The number of ether oxygens (including phenoxy) is 5. The fraction of sp³-hybridized carbons (Fsp3) is 0.500. The average Bonchev–Trinajstić information content (AvgIpc) is 3.28. The van der Waals surface area contributed by atoms with Gasteiger partial charge in [-0.05, 0) is 63.9 Å². The number of rotatable bonds is 14. The van der Waals surface area contributed by atoms with E-state index in [2.05, 4.69) is 10.6 Å². The molecule has 1 amide bonds. The van der Waals surface area contributed by atoms with E-state index in [0.29, 0.717) is 22.8 Å². The molecule has 42 heavy (non-hydrogen) atoms. The summed E-state index contributed by atoms with van der Waals surface area (Å²) in [6, 6.07) is 9.38. The summed E-state index contributed by atoms with van der Waals surface area (Å²) in [7, 11) is 0.0482. The Morgan fingerprint density at radius 3 is 2.45 bits per heavy atom. The molecule has 2 aromatic carbocycles. The monoisotopic (exact) mass is 610 g/mol. The molecule has 2 N–H and O–H groups in total. The van der Waals surface area contributed by atoms with Crippen LogP contribution in [0.2, 0.25) is 0 Å². The molecule has 1 aliphatic heterocycles. The molecular formula is C28H39N2O11P. The third-order valence-corrected chi connectivity index (χ3v) is 8.06. The number of hydroxylamine groups is 1. The molecule has 1 aliphatic rings. The van der Waals surface area contributed by atoms with E-state index in [-0.39, 0.29) is 6.61 Å². The zero-order valence-corrected chi connectivity index (χ0v) is 25.9. The van der Waals surface area contributed by atoms with Crippen molar-refractivity contribution in [1.82, 2.24) is 10.6 Å². The van der Waals surface area contributed by atoms with Gasteiger partial charge in [-0.25, -0.2) is 10.0 Å². The Bertz CT molecular complexity index is 1300. The number of methoxy groups -OCH3 is 3. The molecule has 1 fully saturated rings. The van der Waals surface area contributed by atoms with Gasteiger partial charge in [0.25, 0.3) is 5.91 Å². The minimum absolute atomic E-state index is 0.00866. The van der Waals surface area contributed by atoms with Crippen LogP contribution in [0.1, 0.15) is 37.5 Å². The summed E-state index contributed by atoms with van der Waals surface area (Å²) in [5, 5.41) is 2.59. The lowest BCUT2D eigenvalue weighted by Crippen LogP contribution is -2.43. The van der Waals surface area contributed by atoms with Crippen molar-refractivity contribution in [3.8, 4) is 17.2 Å². The first-order valence-corrected chi connectivity index (χ1v) is 14.7. The summed E-state index contributed by atoms with van der Waals surface area (Å²) in [6.07, 6.45) is -2.20. The molecular weight excluding hydrogens is 571 g/mol. The Balaban J connectivity index is 1.72. The van der Waals surface area contributed by atoms with Gasteiger partial charge in [0.15, 0.2) is 11.9 Å². The summed E-state index contributed by atoms with van der Waals surface area (Å²) in [5.41, 5.74) is 4.66. The van der Waals surface area contributed by atoms with Crippen molar-refractivity contribution in [1.29, 1.82) is 0 Å². The number of benzene rings is 2. The first-order chi connectivity index (χ1) is 19.8. The number of aryl methyl sites for hydroxylation is 1. The van der Waals surface area contributed by atoms with Gasteiger partial charge in [-0.3, -0.25) is 19.0 Å². The second-order valence-corrected chi connectivity index (χ2v) is 11.7. The SMILES string of the molecule is COC(=O)[C@H](C)NP(=O)(OC[C@H]1OC(C)(C)O[C@H]1C(=O)NOCc1ccc(OC)cc1OC)Oc1cccc(C)c1C. The van der Waals surface area contributed by atoms with Crippen molar-refractivity contribution in [2.24, 2.45) is 0 Å². The molecule has 0 spiro atoms. The van der Waals surface area contributed by atoms with Crippen molar-refractivity contribution in [3.05, 3.63) is 53.1 Å². The Kier molecular flexibility index (Phi) is 11.4. The molecule has 1 unspecified atom stereocenters. The molecule has 2 aromatic rings. The number of carbonyl (C=O) groups is 2. The summed E-state index contributed by atoms with van der Waals surface area (Å²) in [5.74, 6) is -1.07. The third-order valence-electron chi connectivity index (χ3n) is 6.43. The zero-order chi connectivity index (χ0) is 31.1. The lowest BCUT2D eigenvalue weighted by atomic mass is 10.1. The largest absolute Gasteiger partial charge is 0.497 e. The van der Waals surface area contributed by atoms with Crippen LogP contribution in [0, 0.1) is 13.8 Å². The van der Waals surface area contributed by atoms with Gasteiger partial charge in [-0.1, -0.05) is 12.1 Å². The van der Waals surface area contributed by atoms with Gasteiger partial charge in [-0.2, -0.15) is 5.09 Å². The molecule has 0 aromatic heterocycles. The molecule has 1 saturated heterocycles. The van der Waals surface area contributed by atoms with E-state index in [0.717, 1.165) is 11.1 Å². The maximum Gasteiger partial charge on any atom is 0.459 e. The predicted octanol–water partition coefficient (Wildman–Crippen LogP) is 3.74. The molecule has 0 aliphatic carbocycles. The highest BCUT2D eigenvalue weighted by Gasteiger charge is 2.47. The molecule has 14 heteroatoms. The van der Waals surface area contributed by atoms with Crippen LogP contribution in [0.25, 0.3) is 0 Å². The highest BCUT2D eigenvalue weighted by atomic mass is 31.2. The number of nitrogens with one attached hydrogen (secondary N) is 2. The van der Waals surface area contributed by atoms with Crippen molar-refractivity contribution >= 4 is 19.6 Å². The first kappa shape index (κ1) is 33.3. The number of hydrogen-bond donors (Lipinski definition) is 2. The van der Waals surface area contributed by atoms with Gasteiger partial charge < -0.3 is 28.2 Å². The number of hydrogen-bond acceptors (Lipinski definition) is 11. The van der Waals surface area contributed by atoms with Gasteiger partial charge in [0.1, 0.15) is 36.0 Å². The van der Waals surface area contributed by atoms with E-state index >= 15 is 0 Å². The van der Waals surface area contributed by atoms with E-state index in [4.69, 9.17) is 37.6 Å². The van der Waals surface area contributed by atoms with Gasteiger partial charge in [0, 0.05) is 11.6 Å². The van der Waals surface area contributed by atoms with Crippen molar-refractivity contribution in [2.45, 2.75) is 65.3 Å². The van der Waals surface area contributed by atoms with Crippen LogP contribution >= 0.6 is 7.75 Å². The van der Waals surface area contributed by atoms with Crippen LogP contribution in [0.15, 0.2) is 36.4 Å². The molecule has 13 nitrogen and oxygen atoms in total. The number of amides is 1. The van der Waals surface area contributed by atoms with Crippen molar-refractivity contribution < 1.29 is 51.7 Å². The second kappa shape index (κ2) is 14.3. The minimum atomic E-state index is -4.21. The summed E-state index contributed by atoms with van der Waals surface area (Å²) in [6.45, 7) is 7.98. The standard InChI is InChI=1S/C28H39N2O11P/c1-17-10-9-11-22(18(17)2)41-42(33,30-19(3)27(32)36-8)38-16-24-25(40-28(4,5)39-24)26(31)29-37-15-20-12-13-21(34-6)14-23(20)35-7/h9-14,19,24-25H,15-16H2,1-8H3,(H,29,31)(H,30,33)/t19-,24+,25+,42?/m0/s1. The molecule has 0 saturated carbocycles. The normalized spacial score (nSPS) is 19.8. The van der Waals surface area contributed by atoms with Crippen LogP contribution in [0.3, 0.4) is 0 Å². The summed E-state index contributed by atoms with van der Waals surface area (Å²) >= 11 is 0. The van der Waals surface area contributed by atoms with Gasteiger partial charge in [-0.15, -0.1) is 0 Å². The summed E-state index contributed by atoms with van der Waals surface area (Å²) in [4.78, 5) is 30.6. The van der Waals surface area contributed by atoms with E-state index < -0.39 is 50.3 Å². The van der Waals surface area contributed by atoms with E-state index in [1.54, 1.807) is 58.2 Å². The zero-order valence-electron chi connectivity index (χ0n) is 25.0. The Morgan fingerprint density at radius 2 is 1.79 bits per heavy atom. The van der Waals surface area contributed by atoms with Crippen LogP contribution in [-0.4, -0.2) is 63.8 Å². The lowest BCUT2D eigenvalue weighted by Gasteiger charge is -2.25. The fourth-order valence-electron chi connectivity index (χ4n) is 4.07. The number of carbonyl (C=O) groups excluding carboxylic acids is 2. The highest BCUT2D eigenvalue weighted by molar-refractivity contribution is 7.52. The Labute approximate surface area is 245 Å². The topological polar surface area (TPSA) is 149 Å². The predicted molar refractivity (Wildman–Crippen MR) is 151 cm³/mol. The molecule has 0 bridgehead atoms. The molecule has 4 atom stereocenters. The van der Waals surface area contributed by atoms with Crippen LogP contribution in [-0.2, 0) is 44.3 Å². The fourth-order valence-corrected chi connectivity index (χ4v) is 5.63. The van der Waals surface area contributed by atoms with E-state index in [9.17, 15) is 14.2 Å². The van der Waals surface area contributed by atoms with Gasteiger partial charge >= 0.3 is 13.7 Å². The molecule has 232 valence electrons. The Hall–Kier alpha value is -3.19. The first-order valence-electron chi connectivity index (χ1n) is 13.2. The quantitative estimate of drug-likeness (QED) is 0.182. The molecule has 0 radical (unpaired) electrons. The van der Waals surface area contributed by atoms with E-state index in [1.807, 2.05) is 13.0 Å². The van der Waals surface area contributed by atoms with Crippen LogP contribution in [0.5, 0.6) is 17.2 Å². The van der Waals surface area contributed by atoms with Crippen LogP contribution < -0.4 is 24.6 Å². The molecule has 3 rings (SSSR count). The van der Waals surface area contributed by atoms with Crippen molar-refractivity contribution in [3.63, 3.8) is 0 Å². The smallest absolute Gasteiger partial charge is 0.459 e. The lowest BCUT2D eigenvalue weighted by molar-refractivity contribution is -0.163. The van der Waals surface area contributed by atoms with Gasteiger partial charge in [0.2, 0.25) is 0 Å². The second-order valence-electron chi connectivity index (χ2n) is 9.98. The average molecular weight is 611 g/mol. The third kappa shape index (κ3) is 8.66. The van der Waals surface area contributed by atoms with Crippen LogP contribution in [0.4, 0.5) is 0 Å². The maximum atomic E-state index is 13.9. The Morgan fingerprint density at radius 1 is 1.05 bits per heavy atom. The number of esters is 1.